The lowest BCUT2D eigenvalue weighted by atomic mass is 10.1. The number of hydrogen-bond acceptors (Lipinski definition) is 3. The van der Waals surface area contributed by atoms with E-state index in [1.54, 1.807) is 13.3 Å². The summed E-state index contributed by atoms with van der Waals surface area (Å²) in [5.74, 6) is 0.792. The second-order valence-corrected chi connectivity index (χ2v) is 6.36. The predicted molar refractivity (Wildman–Crippen MR) is 108 cm³/mol. The number of rotatable bonds is 5. The summed E-state index contributed by atoms with van der Waals surface area (Å²) in [5, 5.41) is 5.80. The van der Waals surface area contributed by atoms with Gasteiger partial charge in [0.05, 0.1) is 13.2 Å². The molecule has 2 amide bonds. The monoisotopic (exact) mass is 361 g/mol. The molecule has 5 heteroatoms. The summed E-state index contributed by atoms with van der Waals surface area (Å²) in [6, 6.07) is 19.0. The second-order valence-electron chi connectivity index (χ2n) is 6.36. The first-order valence-electron chi connectivity index (χ1n) is 8.80. The number of methoxy groups -OCH3 is 1. The molecule has 27 heavy (non-hydrogen) atoms. The summed E-state index contributed by atoms with van der Waals surface area (Å²) in [5.41, 5.74) is 4.91. The van der Waals surface area contributed by atoms with Crippen molar-refractivity contribution in [3.05, 3.63) is 78.1 Å². The number of carbonyl (C=O) groups is 1. The van der Waals surface area contributed by atoms with Gasteiger partial charge in [0, 0.05) is 17.6 Å². The molecule has 0 aliphatic heterocycles. The van der Waals surface area contributed by atoms with E-state index >= 15 is 0 Å². The minimum absolute atomic E-state index is 0.116. The molecule has 0 saturated heterocycles. The van der Waals surface area contributed by atoms with Gasteiger partial charge in [0.15, 0.2) is 0 Å². The summed E-state index contributed by atoms with van der Waals surface area (Å²) in [7, 11) is 1.63. The number of carbonyl (C=O) groups excluding carboxylic acids is 1. The molecule has 2 aromatic carbocycles. The predicted octanol–water partition coefficient (Wildman–Crippen LogP) is 4.95. The van der Waals surface area contributed by atoms with Crippen molar-refractivity contribution in [3.63, 3.8) is 0 Å². The van der Waals surface area contributed by atoms with Crippen LogP contribution in [0.1, 0.15) is 24.2 Å². The van der Waals surface area contributed by atoms with Gasteiger partial charge in [0.2, 0.25) is 0 Å². The van der Waals surface area contributed by atoms with E-state index in [4.69, 9.17) is 4.74 Å². The number of amides is 2. The normalized spacial score (nSPS) is 11.5. The summed E-state index contributed by atoms with van der Waals surface area (Å²) >= 11 is 0. The molecule has 138 valence electrons. The summed E-state index contributed by atoms with van der Waals surface area (Å²) in [6.45, 7) is 3.91. The van der Waals surface area contributed by atoms with Crippen LogP contribution in [0.2, 0.25) is 0 Å². The summed E-state index contributed by atoms with van der Waals surface area (Å²) in [6.07, 6.45) is 1.80. The minimum Gasteiger partial charge on any atom is -0.497 e. The van der Waals surface area contributed by atoms with Crippen LogP contribution >= 0.6 is 0 Å². The van der Waals surface area contributed by atoms with Crippen LogP contribution in [0.4, 0.5) is 10.5 Å². The molecule has 1 heterocycles. The van der Waals surface area contributed by atoms with Crippen LogP contribution < -0.4 is 15.4 Å². The summed E-state index contributed by atoms with van der Waals surface area (Å²) in [4.78, 5) is 16.5. The number of nitrogens with one attached hydrogen (secondary N) is 2. The Labute approximate surface area is 159 Å². The van der Waals surface area contributed by atoms with Crippen molar-refractivity contribution in [2.75, 3.05) is 12.4 Å². The van der Waals surface area contributed by atoms with Crippen LogP contribution in [-0.4, -0.2) is 18.1 Å². The Kier molecular flexibility index (Phi) is 5.71. The highest BCUT2D eigenvalue weighted by Crippen LogP contribution is 2.22. The molecule has 3 aromatic rings. The van der Waals surface area contributed by atoms with Crippen LogP contribution in [0, 0.1) is 6.92 Å². The first-order chi connectivity index (χ1) is 13.0. The first kappa shape index (κ1) is 18.5. The highest BCUT2D eigenvalue weighted by molar-refractivity contribution is 5.89. The molecule has 2 N–H and O–H groups in total. The maximum Gasteiger partial charge on any atom is 0.319 e. The third-order valence-corrected chi connectivity index (χ3v) is 4.34. The maximum absolute atomic E-state index is 12.3. The second kappa shape index (κ2) is 8.36. The maximum atomic E-state index is 12.3. The Balaban J connectivity index is 1.60. The van der Waals surface area contributed by atoms with E-state index in [-0.39, 0.29) is 12.1 Å². The van der Waals surface area contributed by atoms with Crippen molar-refractivity contribution in [3.8, 4) is 16.9 Å². The standard InChI is InChI=1S/C22H23N3O2/c1-15-14-19(12-13-23-15)18-4-8-20(9-5-18)25-22(26)24-16(2)17-6-10-21(27-3)11-7-17/h4-14,16H,1-3H3,(H2,24,25,26). The van der Waals surface area contributed by atoms with Crippen LogP contribution in [0.25, 0.3) is 11.1 Å². The fraction of sp³-hybridized carbons (Fsp3) is 0.182. The number of pyridine rings is 1. The third-order valence-electron chi connectivity index (χ3n) is 4.34. The first-order valence-corrected chi connectivity index (χ1v) is 8.80. The number of aromatic nitrogens is 1. The molecule has 3 rings (SSSR count). The molecular formula is C22H23N3O2. The van der Waals surface area contributed by atoms with Crippen molar-refractivity contribution in [2.45, 2.75) is 19.9 Å². The van der Waals surface area contributed by atoms with E-state index in [1.807, 2.05) is 74.5 Å². The van der Waals surface area contributed by atoms with Crippen molar-refractivity contribution in [2.24, 2.45) is 0 Å². The Hall–Kier alpha value is -3.34. The van der Waals surface area contributed by atoms with Gasteiger partial charge in [-0.25, -0.2) is 4.79 Å². The number of benzene rings is 2. The largest absolute Gasteiger partial charge is 0.497 e. The number of urea groups is 1. The Bertz CT molecular complexity index is 906. The fourth-order valence-corrected chi connectivity index (χ4v) is 2.81. The molecule has 0 spiro atoms. The van der Waals surface area contributed by atoms with Crippen LogP contribution in [0.5, 0.6) is 5.75 Å². The van der Waals surface area contributed by atoms with E-state index in [2.05, 4.69) is 15.6 Å². The quantitative estimate of drug-likeness (QED) is 0.676. The molecule has 0 saturated carbocycles. The average molecular weight is 361 g/mol. The zero-order valence-electron chi connectivity index (χ0n) is 15.7. The zero-order chi connectivity index (χ0) is 19.2. The van der Waals surface area contributed by atoms with Crippen molar-refractivity contribution < 1.29 is 9.53 Å². The Morgan fingerprint density at radius 3 is 2.33 bits per heavy atom. The van der Waals surface area contributed by atoms with Gasteiger partial charge in [-0.15, -0.1) is 0 Å². The SMILES string of the molecule is COc1ccc(C(C)NC(=O)Nc2ccc(-c3ccnc(C)c3)cc2)cc1. The zero-order valence-corrected chi connectivity index (χ0v) is 15.7. The van der Waals surface area contributed by atoms with E-state index < -0.39 is 0 Å². The van der Waals surface area contributed by atoms with E-state index in [0.717, 1.165) is 33.8 Å². The van der Waals surface area contributed by atoms with Gasteiger partial charge in [0.25, 0.3) is 0 Å². The van der Waals surface area contributed by atoms with Gasteiger partial charge in [0.1, 0.15) is 5.75 Å². The lowest BCUT2D eigenvalue weighted by Gasteiger charge is -2.15. The molecule has 1 unspecified atom stereocenters. The van der Waals surface area contributed by atoms with Crippen molar-refractivity contribution in [1.82, 2.24) is 10.3 Å². The molecule has 0 aliphatic carbocycles. The number of ether oxygens (including phenoxy) is 1. The van der Waals surface area contributed by atoms with E-state index in [1.165, 1.54) is 0 Å². The topological polar surface area (TPSA) is 63.2 Å². The van der Waals surface area contributed by atoms with Gasteiger partial charge in [-0.05, 0) is 66.9 Å². The highest BCUT2D eigenvalue weighted by atomic mass is 16.5. The molecule has 5 nitrogen and oxygen atoms in total. The van der Waals surface area contributed by atoms with Gasteiger partial charge >= 0.3 is 6.03 Å². The third kappa shape index (κ3) is 4.85. The molecular weight excluding hydrogens is 338 g/mol. The number of nitrogens with zero attached hydrogens (tertiary/aromatic N) is 1. The molecule has 1 atom stereocenters. The average Bonchev–Trinajstić information content (AvgIpc) is 2.68. The van der Waals surface area contributed by atoms with Crippen LogP contribution in [0.3, 0.4) is 0 Å². The Morgan fingerprint density at radius 2 is 1.70 bits per heavy atom. The van der Waals surface area contributed by atoms with Crippen molar-refractivity contribution >= 4 is 11.7 Å². The lowest BCUT2D eigenvalue weighted by Crippen LogP contribution is -2.31. The molecule has 1 aromatic heterocycles. The van der Waals surface area contributed by atoms with Gasteiger partial charge in [-0.2, -0.15) is 0 Å². The molecule has 0 fully saturated rings. The van der Waals surface area contributed by atoms with Crippen molar-refractivity contribution in [1.29, 1.82) is 0 Å². The van der Waals surface area contributed by atoms with E-state index in [0.29, 0.717) is 0 Å². The number of aryl methyl sites for hydroxylation is 1. The van der Waals surface area contributed by atoms with Crippen LogP contribution in [0.15, 0.2) is 66.9 Å². The molecule has 0 bridgehead atoms. The van der Waals surface area contributed by atoms with Gasteiger partial charge in [-0.1, -0.05) is 24.3 Å². The number of anilines is 1. The Morgan fingerprint density at radius 1 is 1.00 bits per heavy atom. The summed E-state index contributed by atoms with van der Waals surface area (Å²) < 4.78 is 5.15. The molecule has 0 aliphatic rings. The van der Waals surface area contributed by atoms with Crippen LogP contribution in [-0.2, 0) is 0 Å². The lowest BCUT2D eigenvalue weighted by molar-refractivity contribution is 0.249. The number of hydrogen-bond donors (Lipinski definition) is 2. The minimum atomic E-state index is -0.245. The van der Waals surface area contributed by atoms with Gasteiger partial charge < -0.3 is 15.4 Å². The fourth-order valence-electron chi connectivity index (χ4n) is 2.81. The van der Waals surface area contributed by atoms with Gasteiger partial charge in [-0.3, -0.25) is 4.98 Å². The smallest absolute Gasteiger partial charge is 0.319 e. The highest BCUT2D eigenvalue weighted by Gasteiger charge is 2.10. The van der Waals surface area contributed by atoms with E-state index in [9.17, 15) is 4.79 Å². The molecule has 0 radical (unpaired) electrons.